The lowest BCUT2D eigenvalue weighted by molar-refractivity contribution is -0.00293. The highest BCUT2D eigenvalue weighted by Crippen LogP contribution is 2.38. The largest absolute Gasteiger partial charge is 0.391 e. The van der Waals surface area contributed by atoms with Gasteiger partial charge >= 0.3 is 0 Å². The molecule has 1 aliphatic carbocycles. The van der Waals surface area contributed by atoms with Gasteiger partial charge in [-0.05, 0) is 44.6 Å². The maximum atomic E-state index is 13.9. The number of hydrogen-bond donors (Lipinski definition) is 1. The summed E-state index contributed by atoms with van der Waals surface area (Å²) in [6.45, 7) is 0. The van der Waals surface area contributed by atoms with Crippen LogP contribution in [0, 0.1) is 5.82 Å². The van der Waals surface area contributed by atoms with Crippen molar-refractivity contribution >= 4 is 15.9 Å². The van der Waals surface area contributed by atoms with Gasteiger partial charge in [0, 0.05) is 16.4 Å². The first-order valence-electron chi connectivity index (χ1n) is 6.75. The minimum absolute atomic E-state index is 0.195. The third kappa shape index (κ3) is 3.01. The minimum atomic E-state index is -0.527. The molecule has 1 saturated carbocycles. The van der Waals surface area contributed by atoms with Crippen LogP contribution < -0.4 is 0 Å². The molecule has 0 aliphatic heterocycles. The molecule has 1 aromatic rings. The Bertz CT molecular complexity index is 444. The van der Waals surface area contributed by atoms with Gasteiger partial charge in [-0.2, -0.15) is 0 Å². The molecule has 2 nitrogen and oxygen atoms in total. The van der Waals surface area contributed by atoms with Gasteiger partial charge in [-0.25, -0.2) is 4.39 Å². The number of aliphatic hydroxyl groups is 1. The van der Waals surface area contributed by atoms with Crippen LogP contribution in [0.5, 0.6) is 0 Å². The first-order valence-corrected chi connectivity index (χ1v) is 7.54. The number of halogens is 2. The molecule has 1 fully saturated rings. The first kappa shape index (κ1) is 14.9. The molecule has 106 valence electrons. The average molecular weight is 330 g/mol. The van der Waals surface area contributed by atoms with Crippen LogP contribution in [0.2, 0.25) is 0 Å². The summed E-state index contributed by atoms with van der Waals surface area (Å²) in [6.07, 6.45) is 4.09. The summed E-state index contributed by atoms with van der Waals surface area (Å²) < 4.78 is 14.6. The quantitative estimate of drug-likeness (QED) is 0.915. The zero-order valence-electron chi connectivity index (χ0n) is 11.5. The Hall–Kier alpha value is -0.450. The van der Waals surface area contributed by atoms with Crippen molar-refractivity contribution in [2.24, 2.45) is 0 Å². The Kier molecular flexibility index (Phi) is 4.64. The molecular weight excluding hydrogens is 309 g/mol. The van der Waals surface area contributed by atoms with Crippen LogP contribution in [-0.4, -0.2) is 35.7 Å². The molecule has 1 aliphatic rings. The van der Waals surface area contributed by atoms with E-state index in [1.54, 1.807) is 6.07 Å². The van der Waals surface area contributed by atoms with Gasteiger partial charge in [0.1, 0.15) is 5.82 Å². The Labute approximate surface area is 122 Å². The van der Waals surface area contributed by atoms with Gasteiger partial charge in [-0.15, -0.1) is 0 Å². The van der Waals surface area contributed by atoms with Crippen molar-refractivity contribution < 1.29 is 9.50 Å². The zero-order chi connectivity index (χ0) is 14.0. The van der Waals surface area contributed by atoms with Crippen LogP contribution in [0.4, 0.5) is 4.39 Å². The standard InChI is InChI=1S/C15H21BrFNO/c1-18(2)15(7-3-4-8-15)14(19)9-11-5-6-12(16)10-13(11)17/h5-6,10,14,19H,3-4,7-9H2,1-2H3. The number of hydrogen-bond acceptors (Lipinski definition) is 2. The second-order valence-corrected chi connectivity index (χ2v) is 6.58. The average Bonchev–Trinajstić information content (AvgIpc) is 2.83. The molecular formula is C15H21BrFNO. The fourth-order valence-corrected chi connectivity index (χ4v) is 3.48. The lowest BCUT2D eigenvalue weighted by Crippen LogP contribution is -2.52. The summed E-state index contributed by atoms with van der Waals surface area (Å²) in [7, 11) is 4.01. The fourth-order valence-electron chi connectivity index (χ4n) is 3.15. The molecule has 1 N–H and O–H groups in total. The normalized spacial score (nSPS) is 19.9. The first-order chi connectivity index (χ1) is 8.95. The highest BCUT2D eigenvalue weighted by atomic mass is 79.9. The molecule has 0 spiro atoms. The van der Waals surface area contributed by atoms with E-state index in [0.717, 1.165) is 30.2 Å². The molecule has 0 amide bonds. The molecule has 1 aromatic carbocycles. The van der Waals surface area contributed by atoms with E-state index < -0.39 is 6.10 Å². The van der Waals surface area contributed by atoms with Gasteiger partial charge in [0.05, 0.1) is 6.10 Å². The van der Waals surface area contributed by atoms with Crippen molar-refractivity contribution in [1.29, 1.82) is 0 Å². The minimum Gasteiger partial charge on any atom is -0.391 e. The summed E-state index contributed by atoms with van der Waals surface area (Å²) in [4.78, 5) is 2.11. The van der Waals surface area contributed by atoms with Gasteiger partial charge in [-0.1, -0.05) is 34.8 Å². The Morgan fingerprint density at radius 3 is 2.53 bits per heavy atom. The van der Waals surface area contributed by atoms with Crippen molar-refractivity contribution in [2.45, 2.75) is 43.7 Å². The zero-order valence-corrected chi connectivity index (χ0v) is 13.1. The van der Waals surface area contributed by atoms with Crippen molar-refractivity contribution in [3.63, 3.8) is 0 Å². The number of nitrogens with zero attached hydrogens (tertiary/aromatic N) is 1. The van der Waals surface area contributed by atoms with Crippen LogP contribution >= 0.6 is 15.9 Å². The van der Waals surface area contributed by atoms with Gasteiger partial charge in [0.2, 0.25) is 0 Å². The Balaban J connectivity index is 2.17. The summed E-state index contributed by atoms with van der Waals surface area (Å²) in [5.41, 5.74) is 0.392. The van der Waals surface area contributed by atoms with Gasteiger partial charge in [0.15, 0.2) is 0 Å². The van der Waals surface area contributed by atoms with E-state index in [0.29, 0.717) is 12.0 Å². The van der Waals surface area contributed by atoms with Gasteiger partial charge in [0.25, 0.3) is 0 Å². The molecule has 0 saturated heterocycles. The summed E-state index contributed by atoms with van der Waals surface area (Å²) in [5.74, 6) is -0.250. The topological polar surface area (TPSA) is 23.5 Å². The molecule has 1 atom stereocenters. The number of likely N-dealkylation sites (N-methyl/N-ethyl adjacent to an activating group) is 1. The fraction of sp³-hybridized carbons (Fsp3) is 0.600. The van der Waals surface area contributed by atoms with Crippen LogP contribution in [0.3, 0.4) is 0 Å². The van der Waals surface area contributed by atoms with Crippen molar-refractivity contribution in [1.82, 2.24) is 4.90 Å². The molecule has 0 bridgehead atoms. The van der Waals surface area contributed by atoms with Crippen molar-refractivity contribution in [2.75, 3.05) is 14.1 Å². The summed E-state index contributed by atoms with van der Waals surface area (Å²) >= 11 is 3.25. The SMILES string of the molecule is CN(C)C1(C(O)Cc2ccc(Br)cc2F)CCCC1. The number of aliphatic hydroxyl groups excluding tert-OH is 1. The lowest BCUT2D eigenvalue weighted by atomic mass is 9.85. The molecule has 2 rings (SSSR count). The maximum Gasteiger partial charge on any atom is 0.127 e. The molecule has 0 aromatic heterocycles. The van der Waals surface area contributed by atoms with Gasteiger partial charge in [-0.3, -0.25) is 0 Å². The summed E-state index contributed by atoms with van der Waals surface area (Å²) in [6, 6.07) is 5.03. The predicted octanol–water partition coefficient (Wildman–Crippen LogP) is 3.37. The van der Waals surface area contributed by atoms with E-state index in [1.807, 2.05) is 20.2 Å². The Morgan fingerprint density at radius 2 is 2.00 bits per heavy atom. The third-order valence-electron chi connectivity index (χ3n) is 4.41. The van der Waals surface area contributed by atoms with E-state index in [9.17, 15) is 9.50 Å². The predicted molar refractivity (Wildman–Crippen MR) is 78.7 cm³/mol. The van der Waals surface area contributed by atoms with Crippen LogP contribution in [-0.2, 0) is 6.42 Å². The van der Waals surface area contributed by atoms with E-state index in [4.69, 9.17) is 0 Å². The smallest absolute Gasteiger partial charge is 0.127 e. The van der Waals surface area contributed by atoms with Crippen molar-refractivity contribution in [3.05, 3.63) is 34.1 Å². The van der Waals surface area contributed by atoms with Crippen molar-refractivity contribution in [3.8, 4) is 0 Å². The molecule has 0 radical (unpaired) electrons. The lowest BCUT2D eigenvalue weighted by Gasteiger charge is -2.40. The van der Waals surface area contributed by atoms with E-state index in [1.165, 1.54) is 6.07 Å². The molecule has 4 heteroatoms. The monoisotopic (exact) mass is 329 g/mol. The molecule has 0 heterocycles. The summed E-state index contributed by atoms with van der Waals surface area (Å²) in [5, 5.41) is 10.6. The van der Waals surface area contributed by atoms with E-state index in [-0.39, 0.29) is 11.4 Å². The van der Waals surface area contributed by atoms with Crippen LogP contribution in [0.15, 0.2) is 22.7 Å². The molecule has 1 unspecified atom stereocenters. The number of benzene rings is 1. The van der Waals surface area contributed by atoms with Gasteiger partial charge < -0.3 is 10.0 Å². The highest BCUT2D eigenvalue weighted by molar-refractivity contribution is 9.10. The number of rotatable bonds is 4. The third-order valence-corrected chi connectivity index (χ3v) is 4.90. The van der Waals surface area contributed by atoms with Crippen LogP contribution in [0.1, 0.15) is 31.2 Å². The Morgan fingerprint density at radius 1 is 1.37 bits per heavy atom. The highest BCUT2D eigenvalue weighted by Gasteiger charge is 2.42. The van der Waals surface area contributed by atoms with E-state index >= 15 is 0 Å². The second-order valence-electron chi connectivity index (χ2n) is 5.66. The van der Waals surface area contributed by atoms with E-state index in [2.05, 4.69) is 20.8 Å². The second kappa shape index (κ2) is 5.90. The molecule has 19 heavy (non-hydrogen) atoms. The maximum absolute atomic E-state index is 13.9. The van der Waals surface area contributed by atoms with Crippen LogP contribution in [0.25, 0.3) is 0 Å².